The first-order valence-electron chi connectivity index (χ1n) is 5.60. The zero-order chi connectivity index (χ0) is 13.0. The molecule has 0 aliphatic rings. The Bertz CT molecular complexity index is 583. The summed E-state index contributed by atoms with van der Waals surface area (Å²) in [6.45, 7) is 0.752. The first kappa shape index (κ1) is 12.5. The highest BCUT2D eigenvalue weighted by Crippen LogP contribution is 2.19. The molecule has 0 radical (unpaired) electrons. The summed E-state index contributed by atoms with van der Waals surface area (Å²) in [7, 11) is 1.89. The lowest BCUT2D eigenvalue weighted by Crippen LogP contribution is -2.05. The summed E-state index contributed by atoms with van der Waals surface area (Å²) in [5, 5.41) is 16.9. The van der Waals surface area contributed by atoms with Crippen LogP contribution in [0.4, 0.5) is 5.69 Å². The number of rotatable bonds is 4. The summed E-state index contributed by atoms with van der Waals surface area (Å²) in [5.41, 5.74) is 2.54. The highest BCUT2D eigenvalue weighted by Gasteiger charge is 2.02. The van der Waals surface area contributed by atoms with Gasteiger partial charge in [-0.3, -0.25) is 4.68 Å². The Hall–Kier alpha value is -1.99. The van der Waals surface area contributed by atoms with Gasteiger partial charge in [-0.15, -0.1) is 0 Å². The van der Waals surface area contributed by atoms with Gasteiger partial charge in [0.15, 0.2) is 0 Å². The number of halogens is 1. The van der Waals surface area contributed by atoms with Crippen LogP contribution in [0.1, 0.15) is 11.1 Å². The van der Waals surface area contributed by atoms with E-state index in [9.17, 15) is 0 Å². The van der Waals surface area contributed by atoms with Crippen molar-refractivity contribution in [2.75, 3.05) is 11.9 Å². The van der Waals surface area contributed by atoms with Crippen LogP contribution < -0.4 is 5.32 Å². The minimum atomic E-state index is 0.564. The van der Waals surface area contributed by atoms with Crippen molar-refractivity contribution in [1.29, 1.82) is 5.26 Å². The molecule has 0 amide bonds. The summed E-state index contributed by atoms with van der Waals surface area (Å²) in [6, 6.07) is 7.38. The summed E-state index contributed by atoms with van der Waals surface area (Å²) >= 11 is 5.84. The molecule has 2 rings (SSSR count). The number of anilines is 1. The van der Waals surface area contributed by atoms with Gasteiger partial charge in [-0.1, -0.05) is 11.6 Å². The van der Waals surface area contributed by atoms with Crippen LogP contribution in [0.5, 0.6) is 0 Å². The van der Waals surface area contributed by atoms with Crippen molar-refractivity contribution in [2.45, 2.75) is 6.42 Å². The van der Waals surface area contributed by atoms with Crippen molar-refractivity contribution in [1.82, 2.24) is 9.78 Å². The molecule has 1 heterocycles. The van der Waals surface area contributed by atoms with E-state index in [2.05, 4.69) is 16.5 Å². The standard InChI is InChI=1S/C13H13ClN4/c1-18-9-10(8-17-18)4-5-16-13-3-2-12(14)6-11(13)7-15/h2-3,6,8-9,16H,4-5H2,1H3. The predicted octanol–water partition coefficient (Wildman–Crippen LogP) is 2.60. The van der Waals surface area contributed by atoms with Crippen LogP contribution in [-0.4, -0.2) is 16.3 Å². The average Bonchev–Trinajstić information content (AvgIpc) is 2.77. The molecule has 0 bridgehead atoms. The molecule has 0 saturated heterocycles. The van der Waals surface area contributed by atoms with Gasteiger partial charge in [-0.2, -0.15) is 10.4 Å². The second-order valence-electron chi connectivity index (χ2n) is 4.00. The van der Waals surface area contributed by atoms with Crippen LogP contribution in [0.2, 0.25) is 5.02 Å². The van der Waals surface area contributed by atoms with Crippen LogP contribution in [0, 0.1) is 11.3 Å². The normalized spacial score (nSPS) is 10.1. The molecule has 92 valence electrons. The van der Waals surface area contributed by atoms with Gasteiger partial charge in [0, 0.05) is 24.8 Å². The molecule has 5 heteroatoms. The summed E-state index contributed by atoms with van der Waals surface area (Å²) in [4.78, 5) is 0. The molecular formula is C13H13ClN4. The molecular weight excluding hydrogens is 248 g/mol. The molecule has 0 atom stereocenters. The van der Waals surface area contributed by atoms with E-state index in [1.807, 2.05) is 25.5 Å². The Morgan fingerprint density at radius 2 is 2.33 bits per heavy atom. The molecule has 18 heavy (non-hydrogen) atoms. The van der Waals surface area contributed by atoms with Crippen molar-refractivity contribution in [3.63, 3.8) is 0 Å². The topological polar surface area (TPSA) is 53.6 Å². The highest BCUT2D eigenvalue weighted by molar-refractivity contribution is 6.30. The van der Waals surface area contributed by atoms with E-state index in [0.29, 0.717) is 10.6 Å². The van der Waals surface area contributed by atoms with Crippen molar-refractivity contribution >= 4 is 17.3 Å². The van der Waals surface area contributed by atoms with Crippen LogP contribution >= 0.6 is 11.6 Å². The lowest BCUT2D eigenvalue weighted by atomic mass is 10.2. The molecule has 2 aromatic rings. The smallest absolute Gasteiger partial charge is 0.101 e. The minimum Gasteiger partial charge on any atom is -0.384 e. The Balaban J connectivity index is 1.96. The zero-order valence-electron chi connectivity index (χ0n) is 10.0. The van der Waals surface area contributed by atoms with Crippen LogP contribution in [0.25, 0.3) is 0 Å². The zero-order valence-corrected chi connectivity index (χ0v) is 10.8. The van der Waals surface area contributed by atoms with E-state index >= 15 is 0 Å². The van der Waals surface area contributed by atoms with Crippen molar-refractivity contribution < 1.29 is 0 Å². The number of aromatic nitrogens is 2. The SMILES string of the molecule is Cn1cc(CCNc2ccc(Cl)cc2C#N)cn1. The van der Waals surface area contributed by atoms with Gasteiger partial charge in [0.25, 0.3) is 0 Å². The quantitative estimate of drug-likeness (QED) is 0.919. The molecule has 0 fully saturated rings. The van der Waals surface area contributed by atoms with Gasteiger partial charge in [-0.05, 0) is 30.2 Å². The minimum absolute atomic E-state index is 0.564. The lowest BCUT2D eigenvalue weighted by Gasteiger charge is -2.07. The Kier molecular flexibility index (Phi) is 3.85. The van der Waals surface area contributed by atoms with E-state index in [1.165, 1.54) is 0 Å². The Labute approximate surface area is 111 Å². The van der Waals surface area contributed by atoms with Gasteiger partial charge in [-0.25, -0.2) is 0 Å². The van der Waals surface area contributed by atoms with E-state index in [-0.39, 0.29) is 0 Å². The molecule has 0 unspecified atom stereocenters. The first-order chi connectivity index (χ1) is 8.69. The molecule has 0 aliphatic heterocycles. The Morgan fingerprint density at radius 3 is 3.00 bits per heavy atom. The molecule has 1 aromatic heterocycles. The maximum absolute atomic E-state index is 9.00. The first-order valence-corrected chi connectivity index (χ1v) is 5.98. The summed E-state index contributed by atoms with van der Waals surface area (Å²) < 4.78 is 1.78. The van der Waals surface area contributed by atoms with E-state index < -0.39 is 0 Å². The molecule has 1 N–H and O–H groups in total. The monoisotopic (exact) mass is 260 g/mol. The third kappa shape index (κ3) is 3.02. The number of nitrogens with zero attached hydrogens (tertiary/aromatic N) is 3. The second-order valence-corrected chi connectivity index (χ2v) is 4.44. The van der Waals surface area contributed by atoms with Gasteiger partial charge in [0.05, 0.1) is 17.4 Å². The number of aryl methyl sites for hydroxylation is 1. The molecule has 0 aliphatic carbocycles. The number of nitrogens with one attached hydrogen (secondary N) is 1. The van der Waals surface area contributed by atoms with Crippen LogP contribution in [-0.2, 0) is 13.5 Å². The average molecular weight is 261 g/mol. The van der Waals surface area contributed by atoms with Crippen LogP contribution in [0.3, 0.4) is 0 Å². The largest absolute Gasteiger partial charge is 0.384 e. The number of benzene rings is 1. The second kappa shape index (κ2) is 5.56. The van der Waals surface area contributed by atoms with Gasteiger partial charge < -0.3 is 5.32 Å². The van der Waals surface area contributed by atoms with E-state index in [1.54, 1.807) is 16.8 Å². The number of hydrogen-bond acceptors (Lipinski definition) is 3. The van der Waals surface area contributed by atoms with Crippen molar-refractivity contribution in [3.8, 4) is 6.07 Å². The molecule has 4 nitrogen and oxygen atoms in total. The van der Waals surface area contributed by atoms with Gasteiger partial charge in [0.2, 0.25) is 0 Å². The third-order valence-corrected chi connectivity index (χ3v) is 2.82. The number of nitriles is 1. The molecule has 0 saturated carbocycles. The fourth-order valence-electron chi connectivity index (χ4n) is 1.71. The van der Waals surface area contributed by atoms with E-state index in [4.69, 9.17) is 16.9 Å². The Morgan fingerprint density at radius 1 is 1.50 bits per heavy atom. The molecule has 0 spiro atoms. The predicted molar refractivity (Wildman–Crippen MR) is 71.6 cm³/mol. The lowest BCUT2D eigenvalue weighted by molar-refractivity contribution is 0.767. The third-order valence-electron chi connectivity index (χ3n) is 2.59. The van der Waals surface area contributed by atoms with Crippen molar-refractivity contribution in [2.24, 2.45) is 7.05 Å². The van der Waals surface area contributed by atoms with Gasteiger partial charge in [0.1, 0.15) is 6.07 Å². The fraction of sp³-hybridized carbons (Fsp3) is 0.231. The van der Waals surface area contributed by atoms with Gasteiger partial charge >= 0.3 is 0 Å². The summed E-state index contributed by atoms with van der Waals surface area (Å²) in [5.74, 6) is 0. The molecule has 1 aromatic carbocycles. The van der Waals surface area contributed by atoms with Crippen molar-refractivity contribution in [3.05, 3.63) is 46.7 Å². The van der Waals surface area contributed by atoms with E-state index in [0.717, 1.165) is 24.2 Å². The highest BCUT2D eigenvalue weighted by atomic mass is 35.5. The maximum Gasteiger partial charge on any atom is 0.101 e. The van der Waals surface area contributed by atoms with Crippen LogP contribution in [0.15, 0.2) is 30.6 Å². The fourth-order valence-corrected chi connectivity index (χ4v) is 1.88. The number of hydrogen-bond donors (Lipinski definition) is 1. The summed E-state index contributed by atoms with van der Waals surface area (Å²) in [6.07, 6.45) is 4.69. The maximum atomic E-state index is 9.00.